The molecule has 0 unspecified atom stereocenters. The zero-order valence-electron chi connectivity index (χ0n) is 17.1. The van der Waals surface area contributed by atoms with E-state index in [9.17, 15) is 4.79 Å². The van der Waals surface area contributed by atoms with Gasteiger partial charge in [-0.3, -0.25) is 4.99 Å². The molecule has 0 heterocycles. The monoisotopic (exact) mass is 380 g/mol. The lowest BCUT2D eigenvalue weighted by molar-refractivity contribution is 0.0527. The Morgan fingerprint density at radius 3 is 2.37 bits per heavy atom. The van der Waals surface area contributed by atoms with E-state index < -0.39 is 11.7 Å². The first-order chi connectivity index (χ1) is 12.8. The van der Waals surface area contributed by atoms with Crippen LogP contribution in [0.1, 0.15) is 32.8 Å². The number of nitrogens with zero attached hydrogens (tertiary/aromatic N) is 1. The van der Waals surface area contributed by atoms with Crippen molar-refractivity contribution in [3.8, 4) is 11.5 Å². The second-order valence-electron chi connectivity index (χ2n) is 6.81. The number of benzene rings is 1. The minimum atomic E-state index is -0.489. The summed E-state index contributed by atoms with van der Waals surface area (Å²) < 4.78 is 15.8. The standard InChI is InChI=1S/C19H32N4O4/c1-19(2,3)27-18(24)22-11-7-10-21-17(20-4)23-13-14-8-9-15(25-5)12-16(14)26-6/h8-9,12H,7,10-11,13H2,1-6H3,(H,22,24)(H2,20,21,23). The van der Waals surface area contributed by atoms with Crippen molar-refractivity contribution in [3.05, 3.63) is 23.8 Å². The zero-order valence-corrected chi connectivity index (χ0v) is 17.1. The van der Waals surface area contributed by atoms with Crippen LogP contribution < -0.4 is 25.4 Å². The quantitative estimate of drug-likeness (QED) is 0.364. The number of hydrogen-bond donors (Lipinski definition) is 3. The number of aliphatic imine (C=N–C) groups is 1. The van der Waals surface area contributed by atoms with Crippen LogP contribution >= 0.6 is 0 Å². The third-order valence-electron chi connectivity index (χ3n) is 3.48. The van der Waals surface area contributed by atoms with Crippen LogP contribution in [-0.2, 0) is 11.3 Å². The van der Waals surface area contributed by atoms with Crippen LogP contribution in [0.3, 0.4) is 0 Å². The fourth-order valence-corrected chi connectivity index (χ4v) is 2.20. The molecule has 8 heteroatoms. The maximum Gasteiger partial charge on any atom is 0.407 e. The van der Waals surface area contributed by atoms with Crippen LogP contribution in [0.15, 0.2) is 23.2 Å². The van der Waals surface area contributed by atoms with Gasteiger partial charge in [0.25, 0.3) is 0 Å². The van der Waals surface area contributed by atoms with Gasteiger partial charge in [-0.05, 0) is 39.3 Å². The third kappa shape index (κ3) is 9.03. The van der Waals surface area contributed by atoms with E-state index >= 15 is 0 Å². The molecule has 0 aromatic heterocycles. The maximum atomic E-state index is 11.6. The molecule has 1 rings (SSSR count). The first-order valence-corrected chi connectivity index (χ1v) is 8.91. The lowest BCUT2D eigenvalue weighted by Crippen LogP contribution is -2.39. The molecule has 152 valence electrons. The van der Waals surface area contributed by atoms with E-state index in [1.54, 1.807) is 21.3 Å². The normalized spacial score (nSPS) is 11.6. The van der Waals surface area contributed by atoms with Gasteiger partial charge in [-0.1, -0.05) is 0 Å². The van der Waals surface area contributed by atoms with Crippen LogP contribution in [-0.4, -0.2) is 52.0 Å². The highest BCUT2D eigenvalue weighted by molar-refractivity contribution is 5.79. The fraction of sp³-hybridized carbons (Fsp3) is 0.579. The van der Waals surface area contributed by atoms with Crippen molar-refractivity contribution in [2.75, 3.05) is 34.4 Å². The summed E-state index contributed by atoms with van der Waals surface area (Å²) in [4.78, 5) is 15.8. The largest absolute Gasteiger partial charge is 0.497 e. The Morgan fingerprint density at radius 1 is 1.07 bits per heavy atom. The molecule has 8 nitrogen and oxygen atoms in total. The number of ether oxygens (including phenoxy) is 3. The van der Waals surface area contributed by atoms with Crippen LogP contribution in [0.4, 0.5) is 4.79 Å². The van der Waals surface area contributed by atoms with Gasteiger partial charge in [0.05, 0.1) is 14.2 Å². The molecule has 0 saturated heterocycles. The first-order valence-electron chi connectivity index (χ1n) is 8.91. The van der Waals surface area contributed by atoms with E-state index in [-0.39, 0.29) is 0 Å². The highest BCUT2D eigenvalue weighted by Gasteiger charge is 2.15. The predicted molar refractivity (Wildman–Crippen MR) is 107 cm³/mol. The molecular formula is C19H32N4O4. The number of carbonyl (C=O) groups is 1. The van der Waals surface area contributed by atoms with E-state index in [1.807, 2.05) is 39.0 Å². The van der Waals surface area contributed by atoms with Crippen LogP contribution in [0.5, 0.6) is 11.5 Å². The second kappa shape index (κ2) is 11.2. The van der Waals surface area contributed by atoms with E-state index in [0.29, 0.717) is 25.6 Å². The molecule has 0 spiro atoms. The molecule has 0 radical (unpaired) electrons. The molecule has 1 aromatic rings. The maximum absolute atomic E-state index is 11.6. The molecule has 0 aliphatic heterocycles. The Bertz CT molecular complexity index is 627. The smallest absolute Gasteiger partial charge is 0.407 e. The number of hydrogen-bond acceptors (Lipinski definition) is 5. The third-order valence-corrected chi connectivity index (χ3v) is 3.48. The van der Waals surface area contributed by atoms with Gasteiger partial charge in [0, 0.05) is 38.3 Å². The van der Waals surface area contributed by atoms with Gasteiger partial charge in [-0.25, -0.2) is 4.79 Å². The van der Waals surface area contributed by atoms with Gasteiger partial charge in [0.15, 0.2) is 5.96 Å². The predicted octanol–water partition coefficient (Wildman–Crippen LogP) is 2.28. The van der Waals surface area contributed by atoms with Crippen LogP contribution in [0.2, 0.25) is 0 Å². The van der Waals surface area contributed by atoms with Gasteiger partial charge in [0.2, 0.25) is 0 Å². The highest BCUT2D eigenvalue weighted by atomic mass is 16.6. The molecule has 0 saturated carbocycles. The number of rotatable bonds is 8. The Hall–Kier alpha value is -2.64. The topological polar surface area (TPSA) is 93.2 Å². The first kappa shape index (κ1) is 22.4. The minimum absolute atomic E-state index is 0.406. The lowest BCUT2D eigenvalue weighted by Gasteiger charge is -2.19. The summed E-state index contributed by atoms with van der Waals surface area (Å²) in [5, 5.41) is 9.16. The number of methoxy groups -OCH3 is 2. The average molecular weight is 380 g/mol. The van der Waals surface area contributed by atoms with Crippen molar-refractivity contribution in [2.45, 2.75) is 39.3 Å². The van der Waals surface area contributed by atoms with E-state index in [4.69, 9.17) is 14.2 Å². The lowest BCUT2D eigenvalue weighted by atomic mass is 10.2. The fourth-order valence-electron chi connectivity index (χ4n) is 2.20. The molecule has 1 amide bonds. The van der Waals surface area contributed by atoms with E-state index in [2.05, 4.69) is 20.9 Å². The summed E-state index contributed by atoms with van der Waals surface area (Å²) in [5.74, 6) is 2.17. The summed E-state index contributed by atoms with van der Waals surface area (Å²) in [7, 11) is 4.96. The minimum Gasteiger partial charge on any atom is -0.497 e. The zero-order chi connectivity index (χ0) is 20.3. The molecule has 3 N–H and O–H groups in total. The van der Waals surface area contributed by atoms with Crippen molar-refractivity contribution in [1.82, 2.24) is 16.0 Å². The molecular weight excluding hydrogens is 348 g/mol. The van der Waals surface area contributed by atoms with Crippen molar-refractivity contribution in [3.63, 3.8) is 0 Å². The summed E-state index contributed by atoms with van der Waals surface area (Å²) in [6.45, 7) is 7.24. The summed E-state index contributed by atoms with van der Waals surface area (Å²) in [6, 6.07) is 5.68. The van der Waals surface area contributed by atoms with Crippen LogP contribution in [0, 0.1) is 0 Å². The van der Waals surface area contributed by atoms with Gasteiger partial charge in [-0.2, -0.15) is 0 Å². The summed E-state index contributed by atoms with van der Waals surface area (Å²) >= 11 is 0. The van der Waals surface area contributed by atoms with Crippen LogP contribution in [0.25, 0.3) is 0 Å². The van der Waals surface area contributed by atoms with Gasteiger partial charge in [0.1, 0.15) is 17.1 Å². The van der Waals surface area contributed by atoms with Gasteiger partial charge in [-0.15, -0.1) is 0 Å². The highest BCUT2D eigenvalue weighted by Crippen LogP contribution is 2.24. The number of guanidine groups is 1. The van der Waals surface area contributed by atoms with Gasteiger partial charge >= 0.3 is 6.09 Å². The summed E-state index contributed by atoms with van der Waals surface area (Å²) in [5.41, 5.74) is 0.504. The number of carbonyl (C=O) groups excluding carboxylic acids is 1. The molecule has 0 aliphatic carbocycles. The molecule has 27 heavy (non-hydrogen) atoms. The van der Waals surface area contributed by atoms with Crippen molar-refractivity contribution >= 4 is 12.1 Å². The molecule has 0 atom stereocenters. The van der Waals surface area contributed by atoms with Crippen molar-refractivity contribution in [1.29, 1.82) is 0 Å². The Balaban J connectivity index is 2.34. The van der Waals surface area contributed by atoms with E-state index in [0.717, 1.165) is 23.5 Å². The summed E-state index contributed by atoms with van der Waals surface area (Å²) in [6.07, 6.45) is 0.336. The van der Waals surface area contributed by atoms with Crippen molar-refractivity contribution < 1.29 is 19.0 Å². The molecule has 0 bridgehead atoms. The number of nitrogens with one attached hydrogen (secondary N) is 3. The Labute approximate surface area is 161 Å². The van der Waals surface area contributed by atoms with E-state index in [1.165, 1.54) is 0 Å². The number of amides is 1. The van der Waals surface area contributed by atoms with Crippen molar-refractivity contribution in [2.24, 2.45) is 4.99 Å². The Kier molecular flexibility index (Phi) is 9.25. The molecule has 0 fully saturated rings. The average Bonchev–Trinajstić information content (AvgIpc) is 2.62. The number of alkyl carbamates (subject to hydrolysis) is 1. The van der Waals surface area contributed by atoms with Gasteiger partial charge < -0.3 is 30.2 Å². The Morgan fingerprint density at radius 2 is 1.78 bits per heavy atom. The second-order valence-corrected chi connectivity index (χ2v) is 6.81. The SMILES string of the molecule is CN=C(NCCCNC(=O)OC(C)(C)C)NCc1ccc(OC)cc1OC. The molecule has 1 aromatic carbocycles. The molecule has 0 aliphatic rings.